The number of carboxylic acid groups (broad SMARTS) is 1. The Labute approximate surface area is 308 Å². The van der Waals surface area contributed by atoms with Crippen molar-refractivity contribution in [1.82, 2.24) is 15.0 Å². The molecule has 53 heavy (non-hydrogen) atoms. The van der Waals surface area contributed by atoms with Crippen LogP contribution in [0.4, 0.5) is 29.0 Å². The number of fused-ring (bicyclic) bond motifs is 1. The number of hydrogen-bond donors (Lipinski definition) is 7. The summed E-state index contributed by atoms with van der Waals surface area (Å²) in [6.07, 6.45) is 0. The van der Waals surface area contributed by atoms with E-state index < -0.39 is 26.7 Å². The molecule has 4 aromatic carbocycles. The largest absolute Gasteiger partial charge is 0.505 e. The Morgan fingerprint density at radius 2 is 1.55 bits per heavy atom. The zero-order valence-electron chi connectivity index (χ0n) is 27.4. The molecule has 0 unspecified atom stereocenters. The summed E-state index contributed by atoms with van der Waals surface area (Å²) in [6, 6.07) is 15.9. The van der Waals surface area contributed by atoms with Crippen LogP contribution < -0.4 is 16.2 Å². The molecule has 1 aromatic heterocycles. The van der Waals surface area contributed by atoms with E-state index in [0.29, 0.717) is 23.2 Å². The lowest BCUT2D eigenvalue weighted by atomic mass is 10.1. The number of halogens is 1. The van der Waals surface area contributed by atoms with Crippen LogP contribution in [0.25, 0.3) is 10.8 Å². The van der Waals surface area contributed by atoms with Gasteiger partial charge in [0.2, 0.25) is 11.2 Å². The average molecular weight is 787 g/mol. The highest BCUT2D eigenvalue weighted by molar-refractivity contribution is 7.94. The van der Waals surface area contributed by atoms with Gasteiger partial charge in [-0.05, 0) is 61.2 Å². The molecular formula is C31H27ClN8O11S2. The van der Waals surface area contributed by atoms with Gasteiger partial charge in [0.25, 0.3) is 16.1 Å². The third-order valence-corrected chi connectivity index (χ3v) is 8.44. The van der Waals surface area contributed by atoms with Crippen LogP contribution in [-0.4, -0.2) is 68.0 Å². The first kappa shape index (κ1) is 40.0. The number of benzene rings is 4. The summed E-state index contributed by atoms with van der Waals surface area (Å²) >= 11 is 6.33. The topological polar surface area (TPSA) is 284 Å². The smallest absolute Gasteiger partial charge is 0.337 e. The molecule has 0 saturated carbocycles. The number of ketones is 2. The Morgan fingerprint density at radius 3 is 2.11 bits per heavy atom. The zero-order valence-corrected chi connectivity index (χ0v) is 29.8. The van der Waals surface area contributed by atoms with E-state index in [1.807, 2.05) is 0 Å². The zero-order chi connectivity index (χ0) is 38.9. The fourth-order valence-electron chi connectivity index (χ4n) is 4.45. The average Bonchev–Trinajstić information content (AvgIpc) is 3.10. The van der Waals surface area contributed by atoms with Crippen molar-refractivity contribution >= 4 is 91.0 Å². The number of anilines is 4. The van der Waals surface area contributed by atoms with Crippen molar-refractivity contribution in [2.75, 3.05) is 23.2 Å². The molecule has 5 aromatic rings. The third-order valence-electron chi connectivity index (χ3n) is 6.81. The molecule has 5 rings (SSSR count). The first-order valence-corrected chi connectivity index (χ1v) is 17.1. The molecule has 276 valence electrons. The highest BCUT2D eigenvalue weighted by Gasteiger charge is 2.22. The number of phenols is 1. The molecule has 1 heterocycles. The van der Waals surface area contributed by atoms with Gasteiger partial charge in [0.05, 0.1) is 38.8 Å². The number of phenolic OH excluding ortho intramolecular Hbond substituents is 1. The van der Waals surface area contributed by atoms with Gasteiger partial charge in [0.15, 0.2) is 17.3 Å². The molecule has 7 N–H and O–H groups in total. The summed E-state index contributed by atoms with van der Waals surface area (Å²) in [7, 11) is -3.40. The number of rotatable bonds is 13. The molecule has 0 aliphatic carbocycles. The van der Waals surface area contributed by atoms with Crippen LogP contribution in [0.15, 0.2) is 86.7 Å². The molecule has 0 aliphatic heterocycles. The maximum Gasteiger partial charge on any atom is 0.337 e. The van der Waals surface area contributed by atoms with Gasteiger partial charge in [0.1, 0.15) is 5.69 Å². The Balaban J connectivity index is 0.000000443. The van der Waals surface area contributed by atoms with E-state index in [2.05, 4.69) is 50.7 Å². The van der Waals surface area contributed by atoms with Crippen LogP contribution in [0.5, 0.6) is 5.75 Å². The van der Waals surface area contributed by atoms with Crippen molar-refractivity contribution in [3.8, 4) is 5.75 Å². The number of hydrogen-bond acceptors (Lipinski definition) is 18. The molecule has 0 atom stereocenters. The molecule has 0 aliphatic rings. The van der Waals surface area contributed by atoms with Gasteiger partial charge >= 0.3 is 5.97 Å². The summed E-state index contributed by atoms with van der Waals surface area (Å²) in [5, 5.41) is 42.8. The van der Waals surface area contributed by atoms with E-state index in [1.165, 1.54) is 45.2 Å². The van der Waals surface area contributed by atoms with Crippen LogP contribution in [0.3, 0.4) is 0 Å². The summed E-state index contributed by atoms with van der Waals surface area (Å²) in [6.45, 7) is 3.01. The van der Waals surface area contributed by atoms with Gasteiger partial charge in [-0.15, -0.1) is 9.45 Å². The maximum atomic E-state index is 12.1. The highest BCUT2D eigenvalue weighted by atomic mass is 35.5. The molecule has 0 spiro atoms. The molecule has 22 heteroatoms. The fraction of sp³-hybridized carbons (Fsp3) is 0.0968. The van der Waals surface area contributed by atoms with Crippen molar-refractivity contribution < 1.29 is 52.2 Å². The number of aromatic carboxylic acids is 1. The monoisotopic (exact) mass is 786 g/mol. The van der Waals surface area contributed by atoms with Crippen molar-refractivity contribution in [1.29, 1.82) is 0 Å². The number of carbonyl (C=O) groups excluding carboxylic acids is 2. The Morgan fingerprint density at radius 1 is 0.906 bits per heavy atom. The second kappa shape index (κ2) is 17.6. The van der Waals surface area contributed by atoms with Gasteiger partial charge in [-0.3, -0.25) is 25.0 Å². The number of nitrogens with one attached hydrogen (secondary N) is 3. The highest BCUT2D eigenvalue weighted by Crippen LogP contribution is 2.45. The van der Waals surface area contributed by atoms with Crippen LogP contribution >= 0.6 is 23.6 Å². The lowest BCUT2D eigenvalue weighted by molar-refractivity contribution is -0.432. The number of aromatic hydroxyl groups is 1. The second-order valence-electron chi connectivity index (χ2n) is 10.3. The predicted octanol–water partition coefficient (Wildman–Crippen LogP) is 6.74. The number of azo groups is 1. The molecule has 0 fully saturated rings. The van der Waals surface area contributed by atoms with E-state index in [4.69, 9.17) is 16.9 Å². The van der Waals surface area contributed by atoms with Crippen molar-refractivity contribution in [2.24, 2.45) is 10.2 Å². The SMILES string of the molecule is CC(=O)c1ccc(C(C)=O)cc1.CN=Nc1nc(Cl)nc(Nc2cc(S(=O)(=O)O)cc3cc(SOOO)c(NNc4ccccc4C(=O)O)c(O)c23)n1. The summed E-state index contributed by atoms with van der Waals surface area (Å²) in [5.74, 6) is -2.14. The third kappa shape index (κ3) is 10.4. The number of para-hydroxylation sites is 1. The fourth-order valence-corrected chi connectivity index (χ4v) is 5.66. The van der Waals surface area contributed by atoms with E-state index in [-0.39, 0.29) is 67.0 Å². The normalized spacial score (nSPS) is 11.1. The number of aromatic nitrogens is 3. The standard InChI is InChI=1S/C21H17ClN8O9S2.C10H10O2/c1-23-30-21-26-19(22)25-20(27-21)24-13-8-10(41(35,36)37)6-9-7-14(40-39-38-34)16(17(31)15(9)13)29-28-12-5-3-2-4-11(12)18(32)33;1-7(11)9-3-5-10(6-4-9)8(2)12/h2-8,28-29,31,34H,1H3,(H,32,33)(H,35,36,37)(H,24,25,26,27);3-6H,1-2H3. The molecule has 0 saturated heterocycles. The predicted molar refractivity (Wildman–Crippen MR) is 192 cm³/mol. The summed E-state index contributed by atoms with van der Waals surface area (Å²) < 4.78 is 38.4. The quantitative estimate of drug-likeness (QED) is 0.0124. The minimum Gasteiger partial charge on any atom is -0.505 e. The Kier molecular flexibility index (Phi) is 13.3. The Hall–Kier alpha value is -5.81. The molecule has 0 bridgehead atoms. The number of nitrogens with zero attached hydrogens (tertiary/aromatic N) is 5. The Bertz CT molecular complexity index is 2300. The molecule has 0 amide bonds. The molecule has 19 nitrogen and oxygen atoms in total. The molecule has 0 radical (unpaired) electrons. The van der Waals surface area contributed by atoms with Gasteiger partial charge in [-0.2, -0.15) is 28.5 Å². The summed E-state index contributed by atoms with van der Waals surface area (Å²) in [4.78, 5) is 44.4. The van der Waals surface area contributed by atoms with Crippen LogP contribution in [0.2, 0.25) is 5.28 Å². The van der Waals surface area contributed by atoms with E-state index in [0.717, 1.165) is 12.1 Å². The minimum atomic E-state index is -4.77. The number of hydrazine groups is 1. The number of carboxylic acids is 1. The van der Waals surface area contributed by atoms with Gasteiger partial charge in [-0.1, -0.05) is 41.4 Å². The van der Waals surface area contributed by atoms with Gasteiger partial charge < -0.3 is 15.5 Å². The lowest BCUT2D eigenvalue weighted by Gasteiger charge is -2.19. The number of carbonyl (C=O) groups is 3. The lowest BCUT2D eigenvalue weighted by Crippen LogP contribution is -2.13. The van der Waals surface area contributed by atoms with E-state index >= 15 is 0 Å². The van der Waals surface area contributed by atoms with E-state index in [9.17, 15) is 37.6 Å². The first-order valence-electron chi connectivity index (χ1n) is 14.5. The van der Waals surface area contributed by atoms with Crippen molar-refractivity contribution in [2.45, 2.75) is 23.6 Å². The van der Waals surface area contributed by atoms with Crippen LogP contribution in [0.1, 0.15) is 44.9 Å². The van der Waals surface area contributed by atoms with Gasteiger partial charge in [0, 0.05) is 23.6 Å². The second-order valence-corrected chi connectivity index (χ2v) is 12.8. The first-order chi connectivity index (χ1) is 25.1. The maximum absolute atomic E-state index is 12.1. The van der Waals surface area contributed by atoms with Crippen LogP contribution in [0, 0.1) is 0 Å². The van der Waals surface area contributed by atoms with Crippen molar-refractivity contribution in [3.63, 3.8) is 0 Å². The minimum absolute atomic E-state index is 0.0108. The number of Topliss-reactive ketones (excluding diaryl/α,β-unsaturated/α-hetero) is 2. The van der Waals surface area contributed by atoms with E-state index in [1.54, 1.807) is 30.3 Å². The molecular weight excluding hydrogens is 760 g/mol. The van der Waals surface area contributed by atoms with Crippen LogP contribution in [-0.2, 0) is 19.5 Å². The van der Waals surface area contributed by atoms with Crippen molar-refractivity contribution in [3.05, 3.63) is 88.7 Å². The van der Waals surface area contributed by atoms with Gasteiger partial charge in [-0.25, -0.2) is 10.1 Å². The summed E-state index contributed by atoms with van der Waals surface area (Å²) in [5.41, 5.74) is 6.39.